The van der Waals surface area contributed by atoms with Crippen molar-refractivity contribution in [3.8, 4) is 5.75 Å². The fraction of sp³-hybridized carbons (Fsp3) is 0.667. The predicted octanol–water partition coefficient (Wildman–Crippen LogP) is 1.64. The number of esters is 1. The molecule has 2 aliphatic heterocycles. The molecule has 0 bridgehead atoms. The van der Waals surface area contributed by atoms with E-state index in [0.29, 0.717) is 17.9 Å². The summed E-state index contributed by atoms with van der Waals surface area (Å²) in [6.07, 6.45) is -3.08. The molecule has 29 heavy (non-hydrogen) atoms. The topological polar surface area (TPSA) is 93.5 Å². The Labute approximate surface area is 165 Å². The van der Waals surface area contributed by atoms with Gasteiger partial charge in [0, 0.05) is 13.1 Å². The van der Waals surface area contributed by atoms with E-state index >= 15 is 0 Å². The minimum atomic E-state index is -4.59. The van der Waals surface area contributed by atoms with Crippen molar-refractivity contribution in [1.82, 2.24) is 19.8 Å². The standard InChI is InChI=1S/C18H23F3N4O4/c1-17(2,3)16(28)29-12-11-15(27)24(9-18(19,20)21)7-8-25(11)13(23-14(12)26)10-5-4-6-22-10/h10,22H,4-9H2,1-3H3/t10-/m0/s1. The smallest absolute Gasteiger partial charge is 0.406 e. The van der Waals surface area contributed by atoms with Gasteiger partial charge in [-0.3, -0.25) is 14.4 Å². The third-order valence-electron chi connectivity index (χ3n) is 4.80. The lowest BCUT2D eigenvalue weighted by Crippen LogP contribution is -2.48. The monoisotopic (exact) mass is 416 g/mol. The number of ether oxygens (including phenoxy) is 1. The van der Waals surface area contributed by atoms with Crippen molar-refractivity contribution in [2.24, 2.45) is 5.41 Å². The highest BCUT2D eigenvalue weighted by Crippen LogP contribution is 2.30. The minimum absolute atomic E-state index is 0.0119. The number of rotatable bonds is 3. The zero-order valence-electron chi connectivity index (χ0n) is 16.4. The highest BCUT2D eigenvalue weighted by atomic mass is 19.4. The van der Waals surface area contributed by atoms with Crippen molar-refractivity contribution < 1.29 is 27.5 Å². The molecule has 11 heteroatoms. The van der Waals surface area contributed by atoms with E-state index in [1.165, 1.54) is 4.57 Å². The van der Waals surface area contributed by atoms with Crippen molar-refractivity contribution in [3.05, 3.63) is 21.9 Å². The fourth-order valence-electron chi connectivity index (χ4n) is 3.34. The summed E-state index contributed by atoms with van der Waals surface area (Å²) >= 11 is 0. The number of hydrogen-bond acceptors (Lipinski definition) is 6. The molecule has 0 aliphatic carbocycles. The summed E-state index contributed by atoms with van der Waals surface area (Å²) in [5.74, 6) is -2.14. The first kappa shape index (κ1) is 21.3. The van der Waals surface area contributed by atoms with Gasteiger partial charge in [0.15, 0.2) is 5.69 Å². The highest BCUT2D eigenvalue weighted by molar-refractivity contribution is 5.96. The fourth-order valence-corrected chi connectivity index (χ4v) is 3.34. The molecule has 0 spiro atoms. The maximum Gasteiger partial charge on any atom is 0.406 e. The van der Waals surface area contributed by atoms with E-state index in [1.54, 1.807) is 20.8 Å². The van der Waals surface area contributed by atoms with Crippen molar-refractivity contribution in [1.29, 1.82) is 0 Å². The molecule has 8 nitrogen and oxygen atoms in total. The molecule has 2 aliphatic rings. The quantitative estimate of drug-likeness (QED) is 0.753. The number of halogens is 3. The van der Waals surface area contributed by atoms with Crippen LogP contribution in [-0.2, 0) is 11.3 Å². The molecule has 0 unspecified atom stereocenters. The first-order chi connectivity index (χ1) is 13.4. The van der Waals surface area contributed by atoms with Crippen molar-refractivity contribution >= 4 is 11.9 Å². The zero-order chi connectivity index (χ0) is 21.6. The van der Waals surface area contributed by atoms with E-state index in [2.05, 4.69) is 10.3 Å². The van der Waals surface area contributed by atoms with Gasteiger partial charge in [0.1, 0.15) is 12.4 Å². The summed E-state index contributed by atoms with van der Waals surface area (Å²) in [6, 6.07) is -0.296. The molecule has 1 aromatic heterocycles. The van der Waals surface area contributed by atoms with Gasteiger partial charge in [-0.1, -0.05) is 0 Å². The van der Waals surface area contributed by atoms with Gasteiger partial charge in [0.25, 0.3) is 5.91 Å². The molecule has 0 radical (unpaired) electrons. The molecule has 1 fully saturated rings. The van der Waals surface area contributed by atoms with Gasteiger partial charge < -0.3 is 19.5 Å². The van der Waals surface area contributed by atoms with Crippen molar-refractivity contribution in [3.63, 3.8) is 0 Å². The van der Waals surface area contributed by atoms with E-state index in [-0.39, 0.29) is 30.6 Å². The molecular weight excluding hydrogens is 393 g/mol. The number of hydrogen-bond donors (Lipinski definition) is 1. The van der Waals surface area contributed by atoms with E-state index in [4.69, 9.17) is 4.74 Å². The second-order valence-corrected chi connectivity index (χ2v) is 8.23. The molecule has 1 aromatic rings. The van der Waals surface area contributed by atoms with Crippen LogP contribution >= 0.6 is 0 Å². The predicted molar refractivity (Wildman–Crippen MR) is 95.5 cm³/mol. The van der Waals surface area contributed by atoms with Gasteiger partial charge in [-0.25, -0.2) is 0 Å². The number of carbonyl (C=O) groups is 2. The number of carbonyl (C=O) groups excluding carboxylic acids is 2. The minimum Gasteiger partial charge on any atom is -0.418 e. The summed E-state index contributed by atoms with van der Waals surface area (Å²) < 4.78 is 45.3. The lowest BCUT2D eigenvalue weighted by molar-refractivity contribution is -0.144. The molecule has 0 saturated carbocycles. The molecule has 1 saturated heterocycles. The summed E-state index contributed by atoms with van der Waals surface area (Å²) in [5.41, 5.74) is -2.29. The van der Waals surface area contributed by atoms with Crippen LogP contribution in [0.25, 0.3) is 0 Å². The van der Waals surface area contributed by atoms with Crippen LogP contribution in [0.3, 0.4) is 0 Å². The second kappa shape index (κ2) is 7.43. The van der Waals surface area contributed by atoms with Gasteiger partial charge in [-0.05, 0) is 40.2 Å². The SMILES string of the molecule is CC(C)(C)C(=O)Oc1c2n(c([C@@H]3CCCN3)nc1=O)CCN(CC(F)(F)F)C2=O. The molecule has 3 heterocycles. The largest absolute Gasteiger partial charge is 0.418 e. The van der Waals surface area contributed by atoms with Crippen molar-refractivity contribution in [2.75, 3.05) is 19.6 Å². The number of aromatic nitrogens is 2. The van der Waals surface area contributed by atoms with Crippen LogP contribution in [0.1, 0.15) is 56.0 Å². The Bertz CT molecular complexity index is 883. The van der Waals surface area contributed by atoms with E-state index < -0.39 is 41.3 Å². The van der Waals surface area contributed by atoms with Gasteiger partial charge >= 0.3 is 17.7 Å². The number of alkyl halides is 3. The summed E-state index contributed by atoms with van der Waals surface area (Å²) in [5, 5.41) is 3.16. The van der Waals surface area contributed by atoms with Crippen LogP contribution in [0.15, 0.2) is 4.79 Å². The Kier molecular flexibility index (Phi) is 5.46. The van der Waals surface area contributed by atoms with Gasteiger partial charge in [0.05, 0.1) is 11.5 Å². The molecule has 0 aromatic carbocycles. The third-order valence-corrected chi connectivity index (χ3v) is 4.80. The van der Waals surface area contributed by atoms with E-state index in [1.807, 2.05) is 0 Å². The Morgan fingerprint density at radius 3 is 2.48 bits per heavy atom. The Morgan fingerprint density at radius 1 is 1.24 bits per heavy atom. The molecule has 1 atom stereocenters. The normalized spacial score (nSPS) is 20.0. The van der Waals surface area contributed by atoms with Gasteiger partial charge in [-0.2, -0.15) is 18.2 Å². The van der Waals surface area contributed by atoms with Gasteiger partial charge in [0.2, 0.25) is 5.75 Å². The van der Waals surface area contributed by atoms with Crippen molar-refractivity contribution in [2.45, 2.75) is 52.4 Å². The van der Waals surface area contributed by atoms with Crippen LogP contribution in [-0.4, -0.2) is 52.1 Å². The summed E-state index contributed by atoms with van der Waals surface area (Å²) in [7, 11) is 0. The maximum absolute atomic E-state index is 12.9. The molecule has 160 valence electrons. The summed E-state index contributed by atoms with van der Waals surface area (Å²) in [4.78, 5) is 42.5. The first-order valence-corrected chi connectivity index (χ1v) is 9.35. The molecule has 3 rings (SSSR count). The molecule has 1 amide bonds. The molecular formula is C18H23F3N4O4. The average Bonchev–Trinajstić information content (AvgIpc) is 3.11. The Hall–Kier alpha value is -2.43. The maximum atomic E-state index is 12.9. The lowest BCUT2D eigenvalue weighted by Gasteiger charge is -2.33. The van der Waals surface area contributed by atoms with Crippen LogP contribution < -0.4 is 15.6 Å². The molecule has 1 N–H and O–H groups in total. The first-order valence-electron chi connectivity index (χ1n) is 9.35. The Morgan fingerprint density at radius 2 is 1.93 bits per heavy atom. The number of nitrogens with one attached hydrogen (secondary N) is 1. The number of amides is 1. The van der Waals surface area contributed by atoms with Crippen LogP contribution in [0.2, 0.25) is 0 Å². The van der Waals surface area contributed by atoms with Crippen LogP contribution in [0.4, 0.5) is 13.2 Å². The zero-order valence-corrected chi connectivity index (χ0v) is 16.4. The number of nitrogens with zero attached hydrogens (tertiary/aromatic N) is 3. The average molecular weight is 416 g/mol. The van der Waals surface area contributed by atoms with Crippen LogP contribution in [0, 0.1) is 5.41 Å². The summed E-state index contributed by atoms with van der Waals surface area (Å²) in [6.45, 7) is 3.74. The highest BCUT2D eigenvalue weighted by Gasteiger charge is 2.40. The Balaban J connectivity index is 2.11. The lowest BCUT2D eigenvalue weighted by atomic mass is 9.97. The second-order valence-electron chi connectivity index (χ2n) is 8.23. The van der Waals surface area contributed by atoms with Crippen LogP contribution in [0.5, 0.6) is 5.75 Å². The number of fused-ring (bicyclic) bond motifs is 1. The van der Waals surface area contributed by atoms with Gasteiger partial charge in [-0.15, -0.1) is 0 Å². The van der Waals surface area contributed by atoms with E-state index in [9.17, 15) is 27.6 Å². The van der Waals surface area contributed by atoms with E-state index in [0.717, 1.165) is 6.42 Å². The third kappa shape index (κ3) is 4.44.